The van der Waals surface area contributed by atoms with E-state index in [0.717, 1.165) is 123 Å². The molecule has 0 atom stereocenters. The van der Waals surface area contributed by atoms with Gasteiger partial charge in [-0.25, -0.2) is 9.97 Å². The van der Waals surface area contributed by atoms with Gasteiger partial charge in [0.05, 0.1) is 60.8 Å². The number of nitrogens with zero attached hydrogens (tertiary/aromatic N) is 6. The predicted molar refractivity (Wildman–Crippen MR) is 233 cm³/mol. The van der Waals surface area contributed by atoms with Crippen LogP contribution in [0.15, 0.2) is 97.3 Å². The Hall–Kier alpha value is -4.95. The van der Waals surface area contributed by atoms with Crippen molar-refractivity contribution in [1.82, 2.24) is 19.9 Å². The molecule has 2 saturated heterocycles. The maximum Gasteiger partial charge on any atom is 0.223 e. The molecular weight excluding hydrogens is 756 g/mol. The molecule has 0 bridgehead atoms. The van der Waals surface area contributed by atoms with E-state index in [1.807, 2.05) is 36.4 Å². The van der Waals surface area contributed by atoms with E-state index in [4.69, 9.17) is 46.1 Å². The van der Waals surface area contributed by atoms with Gasteiger partial charge in [0.2, 0.25) is 5.88 Å². The van der Waals surface area contributed by atoms with Gasteiger partial charge in [0, 0.05) is 86.3 Å². The number of benzene rings is 2. The topological polar surface area (TPSA) is 146 Å². The average molecular weight is 811 g/mol. The van der Waals surface area contributed by atoms with Crippen molar-refractivity contribution >= 4 is 44.8 Å². The Balaban J connectivity index is 0.000000193. The molecule has 0 spiro atoms. The molecule has 58 heavy (non-hydrogen) atoms. The molecule has 2 fully saturated rings. The fourth-order valence-corrected chi connectivity index (χ4v) is 6.67. The van der Waals surface area contributed by atoms with Crippen molar-refractivity contribution in [3.63, 3.8) is 0 Å². The fraction of sp³-hybridized carbons (Fsp3) is 0.378. The Morgan fingerprint density at radius 3 is 1.53 bits per heavy atom. The normalized spacial score (nSPS) is 13.9. The lowest BCUT2D eigenvalue weighted by molar-refractivity contribution is 0.122. The zero-order valence-corrected chi connectivity index (χ0v) is 32.9. The van der Waals surface area contributed by atoms with Crippen molar-refractivity contribution in [2.24, 2.45) is 0 Å². The number of aliphatic hydroxyl groups is 3. The van der Waals surface area contributed by atoms with E-state index >= 15 is 0 Å². The molecule has 13 heteroatoms. The zero-order valence-electron chi connectivity index (χ0n) is 32.2. The first-order chi connectivity index (χ1) is 28.1. The number of ether oxygens (including phenoxy) is 3. The quantitative estimate of drug-likeness (QED) is 0.0833. The highest BCUT2D eigenvalue weighted by Crippen LogP contribution is 2.30. The molecule has 0 aliphatic carbocycles. The number of pyridine rings is 4. The molecule has 6 aromatic rings. The highest BCUT2D eigenvalue weighted by atomic mass is 35.5. The summed E-state index contributed by atoms with van der Waals surface area (Å²) in [5.41, 5.74) is 7.89. The second-order valence-corrected chi connectivity index (χ2v) is 13.8. The molecule has 0 radical (unpaired) electrons. The van der Waals surface area contributed by atoms with Crippen molar-refractivity contribution in [2.75, 3.05) is 88.8 Å². The van der Waals surface area contributed by atoms with E-state index in [0.29, 0.717) is 17.6 Å². The zero-order chi connectivity index (χ0) is 39.7. The molecule has 0 saturated carbocycles. The third-order valence-corrected chi connectivity index (χ3v) is 9.84. The summed E-state index contributed by atoms with van der Waals surface area (Å²) in [6.45, 7) is 7.92. The largest absolute Gasteiger partial charge is 0.477 e. The molecule has 6 heterocycles. The van der Waals surface area contributed by atoms with Crippen LogP contribution in [0.2, 0.25) is 5.15 Å². The van der Waals surface area contributed by atoms with Gasteiger partial charge in [-0.1, -0.05) is 43.3 Å². The van der Waals surface area contributed by atoms with E-state index in [1.165, 1.54) is 11.4 Å². The van der Waals surface area contributed by atoms with E-state index < -0.39 is 0 Å². The van der Waals surface area contributed by atoms with Crippen LogP contribution in [0.1, 0.15) is 33.1 Å². The van der Waals surface area contributed by atoms with Crippen LogP contribution in [-0.4, -0.2) is 114 Å². The van der Waals surface area contributed by atoms with Gasteiger partial charge in [-0.05, 0) is 86.3 Å². The number of morpholine rings is 2. The van der Waals surface area contributed by atoms with Gasteiger partial charge in [-0.2, -0.15) is 0 Å². The summed E-state index contributed by atoms with van der Waals surface area (Å²) < 4.78 is 16.7. The van der Waals surface area contributed by atoms with Gasteiger partial charge in [0.15, 0.2) is 0 Å². The Bertz CT molecular complexity index is 2110. The first-order valence-corrected chi connectivity index (χ1v) is 19.9. The molecule has 12 nitrogen and oxygen atoms in total. The summed E-state index contributed by atoms with van der Waals surface area (Å²) in [5.74, 6) is 0.593. The first kappa shape index (κ1) is 44.2. The van der Waals surface area contributed by atoms with E-state index in [1.54, 1.807) is 12.4 Å². The van der Waals surface area contributed by atoms with Crippen LogP contribution >= 0.6 is 11.6 Å². The number of anilines is 2. The van der Waals surface area contributed by atoms with Gasteiger partial charge in [-0.15, -0.1) is 0 Å². The summed E-state index contributed by atoms with van der Waals surface area (Å²) in [4.78, 5) is 22.8. The Labute approximate surface area is 346 Å². The molecule has 4 aromatic heterocycles. The van der Waals surface area contributed by atoms with Crippen LogP contribution < -0.4 is 14.5 Å². The van der Waals surface area contributed by atoms with Gasteiger partial charge in [0.1, 0.15) is 5.15 Å². The molecule has 2 aliphatic heterocycles. The van der Waals surface area contributed by atoms with Gasteiger partial charge in [0.25, 0.3) is 0 Å². The van der Waals surface area contributed by atoms with Crippen molar-refractivity contribution in [1.29, 1.82) is 0 Å². The lowest BCUT2D eigenvalue weighted by Gasteiger charge is -2.28. The van der Waals surface area contributed by atoms with Crippen LogP contribution in [-0.2, 0) is 9.47 Å². The second kappa shape index (κ2) is 23.5. The van der Waals surface area contributed by atoms with Gasteiger partial charge in [-0.3, -0.25) is 9.97 Å². The number of unbranched alkanes of at least 4 members (excludes halogenated alkanes) is 2. The smallest absolute Gasteiger partial charge is 0.223 e. The molecule has 8 rings (SSSR count). The SMILES string of the molecule is C.Clc1nc(-c2ccc(N3CCOCC3)cc2)cc2ncccc12.OCCCCO.OCCCCOc1nc(-c2ccc(N3CCOCC3)cc2)cc2ncccc12. The molecule has 308 valence electrons. The van der Waals surface area contributed by atoms with Crippen LogP contribution in [0, 0.1) is 0 Å². The number of aliphatic hydroxyl groups excluding tert-OH is 3. The number of hydrogen-bond acceptors (Lipinski definition) is 12. The maximum absolute atomic E-state index is 8.95. The highest BCUT2D eigenvalue weighted by Gasteiger charge is 2.14. The van der Waals surface area contributed by atoms with Crippen molar-refractivity contribution in [2.45, 2.75) is 33.1 Å². The molecule has 0 amide bonds. The third-order valence-electron chi connectivity index (χ3n) is 9.55. The van der Waals surface area contributed by atoms with Crippen molar-refractivity contribution in [3.05, 3.63) is 102 Å². The Morgan fingerprint density at radius 2 is 1.03 bits per heavy atom. The predicted octanol–water partition coefficient (Wildman–Crippen LogP) is 7.46. The van der Waals surface area contributed by atoms with Gasteiger partial charge >= 0.3 is 0 Å². The number of fused-ring (bicyclic) bond motifs is 2. The van der Waals surface area contributed by atoms with Crippen LogP contribution in [0.25, 0.3) is 44.3 Å². The van der Waals surface area contributed by atoms with Crippen LogP contribution in [0.3, 0.4) is 0 Å². The minimum Gasteiger partial charge on any atom is -0.477 e. The summed E-state index contributed by atoms with van der Waals surface area (Å²) in [7, 11) is 0. The van der Waals surface area contributed by atoms with E-state index in [-0.39, 0.29) is 27.2 Å². The minimum absolute atomic E-state index is 0. The van der Waals surface area contributed by atoms with E-state index in [9.17, 15) is 0 Å². The number of aromatic nitrogens is 4. The lowest BCUT2D eigenvalue weighted by atomic mass is 10.1. The standard InChI is InChI=1S/C22H25N3O3.C18H16ClN3O.C4H10O2.CH4/c26-12-1-2-13-28-22-19-4-3-9-23-21(19)16-20(24-22)17-5-7-18(8-6-17)25-10-14-27-15-11-25;19-18-15-2-1-7-20-17(15)12-16(21-18)13-3-5-14(6-4-13)22-8-10-23-11-9-22;5-3-1-2-4-6;/h3-9,16,26H,1-2,10-15H2;1-7,12H,8-11H2;5-6H,1-4H2;1H4. The van der Waals surface area contributed by atoms with E-state index in [2.05, 4.69) is 73.3 Å². The molecule has 2 aromatic carbocycles. The van der Waals surface area contributed by atoms with Crippen LogP contribution in [0.5, 0.6) is 5.88 Å². The summed E-state index contributed by atoms with van der Waals surface area (Å²) in [5, 5.41) is 27.4. The highest BCUT2D eigenvalue weighted by molar-refractivity contribution is 6.34. The summed E-state index contributed by atoms with van der Waals surface area (Å²) in [6.07, 6.45) is 6.50. The average Bonchev–Trinajstić information content (AvgIpc) is 3.28. The van der Waals surface area contributed by atoms with Crippen molar-refractivity contribution < 1.29 is 29.5 Å². The number of rotatable bonds is 12. The summed E-state index contributed by atoms with van der Waals surface area (Å²) >= 11 is 6.29. The molecule has 3 N–H and O–H groups in total. The molecule has 0 unspecified atom stereocenters. The van der Waals surface area contributed by atoms with Crippen molar-refractivity contribution in [3.8, 4) is 28.4 Å². The Morgan fingerprint density at radius 1 is 0.586 bits per heavy atom. The first-order valence-electron chi connectivity index (χ1n) is 19.6. The molecular formula is C45H55ClN6O6. The third kappa shape index (κ3) is 12.3. The minimum atomic E-state index is 0. The number of hydrogen-bond donors (Lipinski definition) is 3. The van der Waals surface area contributed by atoms with Crippen LogP contribution in [0.4, 0.5) is 11.4 Å². The number of halogens is 1. The van der Waals surface area contributed by atoms with Gasteiger partial charge < -0.3 is 39.3 Å². The molecule has 2 aliphatic rings. The monoisotopic (exact) mass is 810 g/mol. The maximum atomic E-state index is 8.95. The summed E-state index contributed by atoms with van der Waals surface area (Å²) in [6, 6.07) is 28.5. The Kier molecular flexibility index (Phi) is 17.9. The fourth-order valence-electron chi connectivity index (χ4n) is 6.42. The second-order valence-electron chi connectivity index (χ2n) is 13.5. The lowest BCUT2D eigenvalue weighted by Crippen LogP contribution is -2.36.